The van der Waals surface area contributed by atoms with E-state index in [1.807, 2.05) is 19.0 Å². The highest BCUT2D eigenvalue weighted by atomic mass is 32.2. The van der Waals surface area contributed by atoms with Crippen molar-refractivity contribution in [2.45, 2.75) is 37.2 Å². The maximum atomic E-state index is 12.2. The second-order valence-electron chi connectivity index (χ2n) is 5.49. The molecule has 7 heteroatoms. The van der Waals surface area contributed by atoms with Gasteiger partial charge in [-0.1, -0.05) is 0 Å². The van der Waals surface area contributed by atoms with Gasteiger partial charge in [-0.15, -0.1) is 0 Å². The highest BCUT2D eigenvalue weighted by Crippen LogP contribution is 2.22. The Hall–Kier alpha value is -0.890. The third kappa shape index (κ3) is 4.31. The van der Waals surface area contributed by atoms with Crippen LogP contribution in [0.2, 0.25) is 0 Å². The first kappa shape index (κ1) is 15.5. The zero-order valence-corrected chi connectivity index (χ0v) is 13.1. The van der Waals surface area contributed by atoms with Gasteiger partial charge in [0.05, 0.1) is 6.54 Å². The van der Waals surface area contributed by atoms with E-state index in [9.17, 15) is 8.42 Å². The van der Waals surface area contributed by atoms with E-state index in [1.165, 1.54) is 12.8 Å². The lowest BCUT2D eigenvalue weighted by Crippen LogP contribution is -2.31. The van der Waals surface area contributed by atoms with E-state index in [2.05, 4.69) is 10.0 Å². The minimum Gasteiger partial charge on any atom is -0.464 e. The molecule has 0 unspecified atom stereocenters. The van der Waals surface area contributed by atoms with Crippen molar-refractivity contribution < 1.29 is 12.8 Å². The SMILES string of the molecule is Cc1oc(CNC2CC2)cc1S(=O)(=O)NCCN(C)C. The molecule has 0 radical (unpaired) electrons. The van der Waals surface area contributed by atoms with Gasteiger partial charge in [-0.05, 0) is 33.9 Å². The number of nitrogens with zero attached hydrogens (tertiary/aromatic N) is 1. The average molecular weight is 301 g/mol. The van der Waals surface area contributed by atoms with Crippen LogP contribution in [0.1, 0.15) is 24.4 Å². The van der Waals surface area contributed by atoms with Crippen LogP contribution in [0.5, 0.6) is 0 Å². The Kier molecular flexibility index (Phi) is 4.85. The fraction of sp³-hybridized carbons (Fsp3) is 0.692. The molecule has 1 fully saturated rings. The van der Waals surface area contributed by atoms with E-state index < -0.39 is 10.0 Å². The molecule has 2 rings (SSSR count). The first-order chi connectivity index (χ1) is 9.38. The summed E-state index contributed by atoms with van der Waals surface area (Å²) >= 11 is 0. The van der Waals surface area contributed by atoms with E-state index in [1.54, 1.807) is 13.0 Å². The van der Waals surface area contributed by atoms with Crippen LogP contribution in [0.15, 0.2) is 15.4 Å². The number of rotatable bonds is 8. The molecule has 0 spiro atoms. The third-order valence-electron chi connectivity index (χ3n) is 3.21. The summed E-state index contributed by atoms with van der Waals surface area (Å²) in [6, 6.07) is 2.18. The second kappa shape index (κ2) is 6.26. The molecule has 114 valence electrons. The van der Waals surface area contributed by atoms with Gasteiger partial charge < -0.3 is 14.6 Å². The Labute approximate surface area is 120 Å². The predicted octanol–water partition coefficient (Wildman–Crippen LogP) is 0.680. The van der Waals surface area contributed by atoms with Crippen molar-refractivity contribution in [1.29, 1.82) is 0 Å². The predicted molar refractivity (Wildman–Crippen MR) is 77.0 cm³/mol. The van der Waals surface area contributed by atoms with Crippen LogP contribution in [0.25, 0.3) is 0 Å². The van der Waals surface area contributed by atoms with Crippen LogP contribution in [0, 0.1) is 6.92 Å². The van der Waals surface area contributed by atoms with Crippen molar-refractivity contribution >= 4 is 10.0 Å². The van der Waals surface area contributed by atoms with E-state index in [-0.39, 0.29) is 4.90 Å². The maximum Gasteiger partial charge on any atom is 0.244 e. The first-order valence-electron chi connectivity index (χ1n) is 6.85. The number of aryl methyl sites for hydroxylation is 1. The Morgan fingerprint density at radius 1 is 1.40 bits per heavy atom. The van der Waals surface area contributed by atoms with Gasteiger partial charge in [0.15, 0.2) is 0 Å². The number of hydrogen-bond donors (Lipinski definition) is 2. The van der Waals surface area contributed by atoms with Gasteiger partial charge in [-0.2, -0.15) is 0 Å². The Morgan fingerprint density at radius 3 is 2.70 bits per heavy atom. The van der Waals surface area contributed by atoms with Gasteiger partial charge in [0.1, 0.15) is 16.4 Å². The smallest absolute Gasteiger partial charge is 0.244 e. The molecule has 6 nitrogen and oxygen atoms in total. The van der Waals surface area contributed by atoms with E-state index in [0.717, 1.165) is 0 Å². The highest BCUT2D eigenvalue weighted by Gasteiger charge is 2.23. The summed E-state index contributed by atoms with van der Waals surface area (Å²) in [5.74, 6) is 1.11. The van der Waals surface area contributed by atoms with E-state index >= 15 is 0 Å². The highest BCUT2D eigenvalue weighted by molar-refractivity contribution is 7.89. The summed E-state index contributed by atoms with van der Waals surface area (Å²) in [6.45, 7) is 3.31. The monoisotopic (exact) mass is 301 g/mol. The zero-order valence-electron chi connectivity index (χ0n) is 12.3. The number of likely N-dealkylation sites (N-methyl/N-ethyl adjacent to an activating group) is 1. The van der Waals surface area contributed by atoms with Gasteiger partial charge in [0, 0.05) is 25.2 Å². The molecule has 1 aliphatic rings. The molecule has 0 aliphatic heterocycles. The van der Waals surface area contributed by atoms with Gasteiger partial charge in [0.2, 0.25) is 10.0 Å². The summed E-state index contributed by atoms with van der Waals surface area (Å²) in [4.78, 5) is 2.17. The van der Waals surface area contributed by atoms with Crippen LogP contribution in [0.3, 0.4) is 0 Å². The molecular formula is C13H23N3O3S. The van der Waals surface area contributed by atoms with Gasteiger partial charge in [-0.25, -0.2) is 13.1 Å². The van der Waals surface area contributed by atoms with Gasteiger partial charge in [-0.3, -0.25) is 0 Å². The van der Waals surface area contributed by atoms with Crippen molar-refractivity contribution in [3.63, 3.8) is 0 Å². The molecule has 1 saturated carbocycles. The lowest BCUT2D eigenvalue weighted by molar-refractivity contribution is 0.412. The molecule has 2 N–H and O–H groups in total. The first-order valence-corrected chi connectivity index (χ1v) is 8.34. The Bertz CT molecular complexity index is 547. The molecule has 0 aromatic carbocycles. The maximum absolute atomic E-state index is 12.2. The number of nitrogens with one attached hydrogen (secondary N) is 2. The van der Waals surface area contributed by atoms with E-state index in [0.29, 0.717) is 37.2 Å². The molecule has 1 aromatic heterocycles. The quantitative estimate of drug-likeness (QED) is 0.738. The van der Waals surface area contributed by atoms with Crippen molar-refractivity contribution in [2.24, 2.45) is 0 Å². The summed E-state index contributed by atoms with van der Waals surface area (Å²) < 4.78 is 32.5. The van der Waals surface area contributed by atoms with Crippen LogP contribution >= 0.6 is 0 Å². The molecule has 0 atom stereocenters. The Balaban J connectivity index is 1.98. The molecule has 0 saturated heterocycles. The molecule has 1 aromatic rings. The van der Waals surface area contributed by atoms with Crippen LogP contribution in [0.4, 0.5) is 0 Å². The molecular weight excluding hydrogens is 278 g/mol. The fourth-order valence-corrected chi connectivity index (χ4v) is 3.11. The minimum absolute atomic E-state index is 0.240. The topological polar surface area (TPSA) is 74.6 Å². The lowest BCUT2D eigenvalue weighted by Gasteiger charge is -2.10. The van der Waals surface area contributed by atoms with Crippen molar-refractivity contribution in [3.8, 4) is 0 Å². The van der Waals surface area contributed by atoms with Gasteiger partial charge >= 0.3 is 0 Å². The second-order valence-corrected chi connectivity index (χ2v) is 7.22. The van der Waals surface area contributed by atoms with Crippen LogP contribution in [-0.2, 0) is 16.6 Å². The van der Waals surface area contributed by atoms with E-state index in [4.69, 9.17) is 4.42 Å². The van der Waals surface area contributed by atoms with Crippen LogP contribution in [-0.4, -0.2) is 46.5 Å². The molecule has 20 heavy (non-hydrogen) atoms. The van der Waals surface area contributed by atoms with Crippen molar-refractivity contribution in [2.75, 3.05) is 27.2 Å². The molecule has 0 amide bonds. The number of sulfonamides is 1. The summed E-state index contributed by atoms with van der Waals surface area (Å²) in [5, 5.41) is 3.31. The Morgan fingerprint density at radius 2 is 2.10 bits per heavy atom. The standard InChI is InChI=1S/C13H23N3O3S/c1-10-13(20(17,18)15-6-7-16(2)3)8-12(19-10)9-14-11-4-5-11/h8,11,14-15H,4-7,9H2,1-3H3. The summed E-state index contributed by atoms with van der Waals surface area (Å²) in [6.07, 6.45) is 2.38. The normalized spacial score (nSPS) is 16.0. The zero-order chi connectivity index (χ0) is 14.8. The third-order valence-corrected chi connectivity index (χ3v) is 4.77. The number of hydrogen-bond acceptors (Lipinski definition) is 5. The lowest BCUT2D eigenvalue weighted by atomic mass is 10.4. The van der Waals surface area contributed by atoms with Crippen LogP contribution < -0.4 is 10.0 Å². The summed E-state index contributed by atoms with van der Waals surface area (Å²) in [5.41, 5.74) is 0. The molecule has 1 aliphatic carbocycles. The number of furan rings is 1. The minimum atomic E-state index is -3.49. The summed E-state index contributed by atoms with van der Waals surface area (Å²) in [7, 11) is 0.317. The fourth-order valence-electron chi connectivity index (χ4n) is 1.89. The van der Waals surface area contributed by atoms with Crippen molar-refractivity contribution in [1.82, 2.24) is 14.9 Å². The van der Waals surface area contributed by atoms with Gasteiger partial charge in [0.25, 0.3) is 0 Å². The molecule has 0 bridgehead atoms. The molecule has 1 heterocycles. The average Bonchev–Trinajstić information content (AvgIpc) is 3.08. The van der Waals surface area contributed by atoms with Crippen molar-refractivity contribution in [3.05, 3.63) is 17.6 Å². The largest absolute Gasteiger partial charge is 0.464 e.